The van der Waals surface area contributed by atoms with Crippen LogP contribution in [0.25, 0.3) is 0 Å². The number of amides is 6. The molecule has 0 bridgehead atoms. The topological polar surface area (TPSA) is 108 Å². The van der Waals surface area contributed by atoms with Gasteiger partial charge in [0.05, 0.1) is 0 Å². The predicted octanol–water partition coefficient (Wildman–Crippen LogP) is 3.17. The third kappa shape index (κ3) is 5.58. The van der Waals surface area contributed by atoms with Crippen molar-refractivity contribution in [3.63, 3.8) is 0 Å². The molecule has 0 aliphatic carbocycles. The van der Waals surface area contributed by atoms with Crippen LogP contribution in [0, 0.1) is 0 Å². The molecule has 8 nitrogen and oxygen atoms in total. The molecular weight excluding hydrogens is 420 g/mol. The highest BCUT2D eigenvalue weighted by Crippen LogP contribution is 2.31. The van der Waals surface area contributed by atoms with Crippen LogP contribution in [0.15, 0.2) is 54.6 Å². The summed E-state index contributed by atoms with van der Waals surface area (Å²) in [4.78, 5) is 50.6. The number of nitrogens with zero attached hydrogens (tertiary/aromatic N) is 1. The fourth-order valence-corrected chi connectivity index (χ4v) is 3.62. The molecule has 0 spiro atoms. The van der Waals surface area contributed by atoms with Gasteiger partial charge in [0.2, 0.25) is 5.91 Å². The summed E-state index contributed by atoms with van der Waals surface area (Å²) in [5.41, 5.74) is 1.44. The molecule has 3 N–H and O–H groups in total. The van der Waals surface area contributed by atoms with Gasteiger partial charge >= 0.3 is 12.1 Å². The average molecular weight is 451 g/mol. The van der Waals surface area contributed by atoms with Crippen molar-refractivity contribution in [1.82, 2.24) is 20.9 Å². The Labute approximate surface area is 193 Å². The van der Waals surface area contributed by atoms with Crippen LogP contribution in [0.3, 0.4) is 0 Å². The lowest BCUT2D eigenvalue weighted by Gasteiger charge is -2.24. The van der Waals surface area contributed by atoms with Crippen LogP contribution in [0.1, 0.15) is 50.8 Å². The summed E-state index contributed by atoms with van der Waals surface area (Å²) in [6, 6.07) is 15.7. The third-order valence-corrected chi connectivity index (χ3v) is 5.71. The summed E-state index contributed by atoms with van der Waals surface area (Å²) in [5.74, 6) is -1.01. The summed E-state index contributed by atoms with van der Waals surface area (Å²) in [6.45, 7) is 8.09. The van der Waals surface area contributed by atoms with Crippen LogP contribution in [0.5, 0.6) is 0 Å². The molecule has 1 aliphatic heterocycles. The number of imide groups is 2. The molecule has 0 saturated carbocycles. The number of benzene rings is 2. The van der Waals surface area contributed by atoms with Gasteiger partial charge in [0, 0.05) is 19.5 Å². The quantitative estimate of drug-likeness (QED) is 0.588. The van der Waals surface area contributed by atoms with Gasteiger partial charge in [0.25, 0.3) is 5.91 Å². The highest BCUT2D eigenvalue weighted by atomic mass is 16.2. The van der Waals surface area contributed by atoms with Crippen LogP contribution < -0.4 is 16.0 Å². The van der Waals surface area contributed by atoms with E-state index in [9.17, 15) is 19.2 Å². The lowest BCUT2D eigenvalue weighted by atomic mass is 9.84. The van der Waals surface area contributed by atoms with E-state index in [0.717, 1.165) is 16.0 Å². The van der Waals surface area contributed by atoms with Crippen LogP contribution >= 0.6 is 0 Å². The van der Waals surface area contributed by atoms with E-state index in [0.29, 0.717) is 5.56 Å². The van der Waals surface area contributed by atoms with Gasteiger partial charge in [-0.2, -0.15) is 0 Å². The zero-order chi connectivity index (χ0) is 24.2. The molecule has 33 heavy (non-hydrogen) atoms. The molecule has 1 aliphatic rings. The maximum atomic E-state index is 13.0. The first-order valence-electron chi connectivity index (χ1n) is 10.9. The molecule has 1 saturated heterocycles. The zero-order valence-corrected chi connectivity index (χ0v) is 19.4. The van der Waals surface area contributed by atoms with E-state index in [1.807, 2.05) is 54.6 Å². The number of hydrogen-bond acceptors (Lipinski definition) is 4. The van der Waals surface area contributed by atoms with E-state index in [1.165, 1.54) is 0 Å². The van der Waals surface area contributed by atoms with Crippen LogP contribution in [0.2, 0.25) is 0 Å². The van der Waals surface area contributed by atoms with Crippen molar-refractivity contribution < 1.29 is 19.2 Å². The zero-order valence-electron chi connectivity index (χ0n) is 19.4. The Hall–Kier alpha value is -3.68. The van der Waals surface area contributed by atoms with E-state index in [-0.39, 0.29) is 24.9 Å². The number of hydrogen-bond donors (Lipinski definition) is 3. The lowest BCUT2D eigenvalue weighted by molar-refractivity contribution is -0.131. The number of urea groups is 2. The van der Waals surface area contributed by atoms with Gasteiger partial charge in [0.15, 0.2) is 0 Å². The summed E-state index contributed by atoms with van der Waals surface area (Å²) in [5, 5.41) is 7.55. The van der Waals surface area contributed by atoms with Gasteiger partial charge in [-0.25, -0.2) is 9.59 Å². The second-order valence-electron chi connectivity index (χ2n) is 9.31. The van der Waals surface area contributed by atoms with Crippen molar-refractivity contribution in [1.29, 1.82) is 0 Å². The van der Waals surface area contributed by atoms with Gasteiger partial charge < -0.3 is 10.6 Å². The van der Waals surface area contributed by atoms with Gasteiger partial charge in [0.1, 0.15) is 5.54 Å². The standard InChI is InChI=1S/C25H30N4O4/c1-24(2,3)18-10-12-19(13-11-18)25(4)21(31)29(23(33)28-25)15-14-20(30)27-22(32)26-16-17-8-6-5-7-9-17/h5-13H,14-16H2,1-4H3,(H,28,33)(H2,26,27,30,32). The third-order valence-electron chi connectivity index (χ3n) is 5.71. The fourth-order valence-electron chi connectivity index (χ4n) is 3.62. The second-order valence-corrected chi connectivity index (χ2v) is 9.31. The summed E-state index contributed by atoms with van der Waals surface area (Å²) < 4.78 is 0. The Morgan fingerprint density at radius 3 is 2.24 bits per heavy atom. The van der Waals surface area contributed by atoms with Gasteiger partial charge in [-0.15, -0.1) is 0 Å². The highest BCUT2D eigenvalue weighted by Gasteiger charge is 2.48. The summed E-state index contributed by atoms with van der Waals surface area (Å²) >= 11 is 0. The number of rotatable bonds is 6. The highest BCUT2D eigenvalue weighted by molar-refractivity contribution is 6.07. The van der Waals surface area contributed by atoms with E-state index in [2.05, 4.69) is 36.7 Å². The van der Waals surface area contributed by atoms with Crippen LogP contribution in [0.4, 0.5) is 9.59 Å². The van der Waals surface area contributed by atoms with Crippen molar-refractivity contribution in [2.24, 2.45) is 0 Å². The minimum Gasteiger partial charge on any atom is -0.334 e. The van der Waals surface area contributed by atoms with E-state index < -0.39 is 29.4 Å². The van der Waals surface area contributed by atoms with Crippen molar-refractivity contribution in [3.05, 3.63) is 71.3 Å². The first kappa shape index (κ1) is 24.0. The second kappa shape index (κ2) is 9.44. The van der Waals surface area contributed by atoms with Gasteiger partial charge in [-0.05, 0) is 29.0 Å². The van der Waals surface area contributed by atoms with E-state index in [1.54, 1.807) is 6.92 Å². The molecule has 174 valence electrons. The fraction of sp³-hybridized carbons (Fsp3) is 0.360. The van der Waals surface area contributed by atoms with Gasteiger partial charge in [-0.3, -0.25) is 19.8 Å². The maximum Gasteiger partial charge on any atom is 0.325 e. The van der Waals surface area contributed by atoms with Gasteiger partial charge in [-0.1, -0.05) is 75.4 Å². The minimum absolute atomic E-state index is 0.0326. The molecule has 2 aromatic carbocycles. The molecule has 6 amide bonds. The molecule has 1 heterocycles. The monoisotopic (exact) mass is 450 g/mol. The van der Waals surface area contributed by atoms with Crippen LogP contribution in [-0.4, -0.2) is 35.3 Å². The molecule has 0 aromatic heterocycles. The first-order valence-corrected chi connectivity index (χ1v) is 10.9. The summed E-state index contributed by atoms with van der Waals surface area (Å²) in [7, 11) is 0. The Morgan fingerprint density at radius 1 is 1.00 bits per heavy atom. The Bertz CT molecular complexity index is 1040. The van der Waals surface area contributed by atoms with E-state index >= 15 is 0 Å². The predicted molar refractivity (Wildman–Crippen MR) is 124 cm³/mol. The van der Waals surface area contributed by atoms with Crippen molar-refractivity contribution in [2.45, 2.75) is 51.6 Å². The Morgan fingerprint density at radius 2 is 1.64 bits per heavy atom. The minimum atomic E-state index is -1.21. The first-order chi connectivity index (χ1) is 15.5. The Balaban J connectivity index is 1.55. The smallest absolute Gasteiger partial charge is 0.325 e. The number of nitrogens with one attached hydrogen (secondary N) is 3. The van der Waals surface area contributed by atoms with Crippen molar-refractivity contribution in [2.75, 3.05) is 6.54 Å². The summed E-state index contributed by atoms with van der Waals surface area (Å²) in [6.07, 6.45) is -0.184. The number of carbonyl (C=O) groups is 4. The van der Waals surface area contributed by atoms with Crippen LogP contribution in [-0.2, 0) is 27.1 Å². The Kier molecular flexibility index (Phi) is 6.86. The molecule has 1 unspecified atom stereocenters. The normalized spacial score (nSPS) is 18.1. The molecule has 8 heteroatoms. The molecular formula is C25H30N4O4. The molecule has 2 aromatic rings. The number of carbonyl (C=O) groups excluding carboxylic acids is 4. The van der Waals surface area contributed by atoms with Crippen molar-refractivity contribution >= 4 is 23.9 Å². The molecule has 1 atom stereocenters. The lowest BCUT2D eigenvalue weighted by Crippen LogP contribution is -2.42. The molecule has 0 radical (unpaired) electrons. The van der Waals surface area contributed by atoms with Crippen molar-refractivity contribution in [3.8, 4) is 0 Å². The SMILES string of the molecule is CC(C)(C)c1ccc(C2(C)NC(=O)N(CCC(=O)NC(=O)NCc3ccccc3)C2=O)cc1. The maximum absolute atomic E-state index is 13.0. The van der Waals surface area contributed by atoms with E-state index in [4.69, 9.17) is 0 Å². The average Bonchev–Trinajstić information content (AvgIpc) is 2.99. The molecule has 3 rings (SSSR count). The molecule has 1 fully saturated rings. The largest absolute Gasteiger partial charge is 0.334 e.